The van der Waals surface area contributed by atoms with Gasteiger partial charge in [0.1, 0.15) is 0 Å². The highest BCUT2D eigenvalue weighted by atomic mass is 15.2. The van der Waals surface area contributed by atoms with Gasteiger partial charge in [-0.25, -0.2) is 4.99 Å². The molecule has 0 atom stereocenters. The Kier molecular flexibility index (Phi) is 18.9. The van der Waals surface area contributed by atoms with E-state index in [-0.39, 0.29) is 0 Å². The Morgan fingerprint density at radius 2 is 0.398 bits per heavy atom. The van der Waals surface area contributed by atoms with Gasteiger partial charge in [0.15, 0.2) is 0 Å². The Morgan fingerprint density at radius 3 is 0.622 bits per heavy atom. The van der Waals surface area contributed by atoms with Crippen molar-refractivity contribution in [1.29, 1.82) is 0 Å². The van der Waals surface area contributed by atoms with Gasteiger partial charge in [0.25, 0.3) is 0 Å². The van der Waals surface area contributed by atoms with E-state index in [9.17, 15) is 0 Å². The van der Waals surface area contributed by atoms with Gasteiger partial charge in [-0.15, -0.1) is 0 Å². The third-order valence-corrected chi connectivity index (χ3v) is 17.1. The van der Waals surface area contributed by atoms with Crippen LogP contribution in [-0.2, 0) is 0 Å². The maximum Gasteiger partial charge on any atom is 0.0781 e. The number of hydrogen-bond acceptors (Lipinski definition) is 7. The number of nitrogens with zero attached hydrogens (tertiary/aromatic N) is 7. The predicted molar refractivity (Wildman–Crippen MR) is 415 cm³/mol. The van der Waals surface area contributed by atoms with Crippen LogP contribution < -0.4 is 29.4 Å². The maximum atomic E-state index is 5.45. The number of anilines is 17. The van der Waals surface area contributed by atoms with E-state index in [0.717, 1.165) is 125 Å². The van der Waals surface area contributed by atoms with E-state index in [1.807, 2.05) is 36.4 Å². The van der Waals surface area contributed by atoms with Crippen molar-refractivity contribution >= 4 is 108 Å². The van der Waals surface area contributed by atoms with Crippen molar-refractivity contribution in [3.8, 4) is 0 Å². The van der Waals surface area contributed by atoms with Gasteiger partial charge in [-0.3, -0.25) is 0 Å². The Balaban J connectivity index is 0.845. The van der Waals surface area contributed by atoms with Crippen LogP contribution in [-0.4, -0.2) is 5.71 Å². The van der Waals surface area contributed by atoms with E-state index in [1.165, 1.54) is 0 Å². The van der Waals surface area contributed by atoms with Crippen LogP contribution in [0, 0.1) is 0 Å². The molecule has 0 aromatic heterocycles. The number of rotatable bonds is 23. The van der Waals surface area contributed by atoms with Crippen molar-refractivity contribution in [2.45, 2.75) is 0 Å². The molecule has 0 amide bonds. The lowest BCUT2D eigenvalue weighted by atomic mass is 10.0. The summed E-state index contributed by atoms with van der Waals surface area (Å²) in [6.45, 7) is 8.22. The van der Waals surface area contributed by atoms with E-state index < -0.39 is 0 Å². The summed E-state index contributed by atoms with van der Waals surface area (Å²) in [6, 6.07) is 137. The number of para-hydroxylation sites is 8. The Labute approximate surface area is 575 Å². The summed E-state index contributed by atoms with van der Waals surface area (Å²) in [4.78, 5) is 19.2. The molecule has 0 saturated heterocycles. The van der Waals surface area contributed by atoms with E-state index in [1.54, 1.807) is 6.08 Å². The van der Waals surface area contributed by atoms with Crippen molar-refractivity contribution in [2.24, 2.45) is 4.99 Å². The first kappa shape index (κ1) is 62.2. The zero-order chi connectivity index (χ0) is 66.2. The summed E-state index contributed by atoms with van der Waals surface area (Å²) in [6.07, 6.45) is 5.64. The number of allylic oxidation sites excluding steroid dienone is 3. The summed E-state index contributed by atoms with van der Waals surface area (Å²) in [5.41, 5.74) is 22.1. The van der Waals surface area contributed by atoms with E-state index >= 15 is 0 Å². The molecule has 14 aromatic carbocycles. The fourth-order valence-corrected chi connectivity index (χ4v) is 12.5. The van der Waals surface area contributed by atoms with Gasteiger partial charge < -0.3 is 29.4 Å². The molecule has 14 rings (SSSR count). The minimum atomic E-state index is 0.840. The molecule has 0 spiro atoms. The Hall–Kier alpha value is -13.2. The molecule has 7 nitrogen and oxygen atoms in total. The van der Waals surface area contributed by atoms with Crippen LogP contribution in [0.1, 0.15) is 11.1 Å². The van der Waals surface area contributed by atoms with Gasteiger partial charge in [0.2, 0.25) is 0 Å². The molecular formula is C91H71N7. The van der Waals surface area contributed by atoms with Crippen LogP contribution in [0.2, 0.25) is 0 Å². The first-order valence-electron chi connectivity index (χ1n) is 32.9. The molecule has 0 radical (unpaired) electrons. The van der Waals surface area contributed by atoms with Crippen molar-refractivity contribution in [2.75, 3.05) is 29.4 Å². The van der Waals surface area contributed by atoms with Crippen molar-refractivity contribution in [3.05, 3.63) is 436 Å². The van der Waals surface area contributed by atoms with Gasteiger partial charge in [0, 0.05) is 114 Å². The van der Waals surface area contributed by atoms with Crippen molar-refractivity contribution in [3.63, 3.8) is 0 Å². The second-order valence-electron chi connectivity index (χ2n) is 23.3. The summed E-state index contributed by atoms with van der Waals surface area (Å²) < 4.78 is 0. The summed E-state index contributed by atoms with van der Waals surface area (Å²) in [5.74, 6) is 0. The van der Waals surface area contributed by atoms with Crippen LogP contribution in [0.4, 0.5) is 102 Å². The van der Waals surface area contributed by atoms with E-state index in [0.29, 0.717) is 0 Å². The first-order valence-corrected chi connectivity index (χ1v) is 32.9. The van der Waals surface area contributed by atoms with Crippen LogP contribution >= 0.6 is 0 Å². The maximum absolute atomic E-state index is 5.45. The molecule has 0 fully saturated rings. The summed E-state index contributed by atoms with van der Waals surface area (Å²) >= 11 is 0. The quantitative estimate of drug-likeness (QED) is 0.0469. The van der Waals surface area contributed by atoms with E-state index in [4.69, 9.17) is 4.99 Å². The molecular weight excluding hydrogens is 1190 g/mol. The highest BCUT2D eigenvalue weighted by Crippen LogP contribution is 2.44. The number of aliphatic imine (C=N–C) groups is 1. The third kappa shape index (κ3) is 13.9. The van der Waals surface area contributed by atoms with E-state index in [2.05, 4.69) is 407 Å². The molecule has 0 aliphatic rings. The van der Waals surface area contributed by atoms with Crippen molar-refractivity contribution < 1.29 is 0 Å². The van der Waals surface area contributed by atoms with Crippen molar-refractivity contribution in [1.82, 2.24) is 0 Å². The van der Waals surface area contributed by atoms with Gasteiger partial charge in [-0.1, -0.05) is 189 Å². The minimum Gasteiger partial charge on any atom is -0.311 e. The average molecular weight is 1260 g/mol. The lowest BCUT2D eigenvalue weighted by Gasteiger charge is -2.30. The standard InChI is InChI=1S/C91H71N7/c1-3-29-73(4-2)93(74-32-15-6-16-33-74)83-54-56-87(57-55-83)97(88-64-58-84(59-65-88)94(75-34-17-7-18-35-75)76-36-19-8-20-37-76)81-50-46-70(47-51-81)91(92-72-30-13-5-14-31-72)71-48-52-82(53-49-71)98(89-66-60-85(61-67-89)95(77-38-21-9-22-39-77)78-40-23-10-24-41-78)90-68-62-86(63-69-90)96(79-42-25-11-26-43-79)80-44-27-12-28-45-80/h3-69H,1-2H2/b73-29+,92-91+. The van der Waals surface area contributed by atoms with Crippen LogP contribution in [0.25, 0.3) is 0 Å². The fourth-order valence-electron chi connectivity index (χ4n) is 12.5. The largest absolute Gasteiger partial charge is 0.311 e. The van der Waals surface area contributed by atoms with Crippen LogP contribution in [0.3, 0.4) is 0 Å². The van der Waals surface area contributed by atoms with Gasteiger partial charge in [-0.2, -0.15) is 0 Å². The second kappa shape index (κ2) is 29.8. The molecule has 7 heteroatoms. The number of hydrogen-bond donors (Lipinski definition) is 0. The Morgan fingerprint density at radius 1 is 0.214 bits per heavy atom. The molecule has 0 unspecified atom stereocenters. The minimum absolute atomic E-state index is 0.840. The zero-order valence-electron chi connectivity index (χ0n) is 54.2. The summed E-state index contributed by atoms with van der Waals surface area (Å²) in [5, 5.41) is 0. The van der Waals surface area contributed by atoms with Gasteiger partial charge in [-0.05, 0) is 231 Å². The molecule has 470 valence electrons. The number of benzene rings is 14. The van der Waals surface area contributed by atoms with Crippen LogP contribution in [0.5, 0.6) is 0 Å². The normalized spacial score (nSPS) is 11.3. The third-order valence-electron chi connectivity index (χ3n) is 17.1. The highest BCUT2D eigenvalue weighted by molar-refractivity contribution is 6.14. The molecule has 0 aliphatic heterocycles. The fraction of sp³-hybridized carbons (Fsp3) is 0. The zero-order valence-corrected chi connectivity index (χ0v) is 54.2. The smallest absolute Gasteiger partial charge is 0.0781 e. The first-order chi connectivity index (χ1) is 48.5. The highest BCUT2D eigenvalue weighted by Gasteiger charge is 2.22. The van der Waals surface area contributed by atoms with Gasteiger partial charge in [0.05, 0.1) is 11.4 Å². The lowest BCUT2D eigenvalue weighted by Crippen LogP contribution is -2.15. The molecule has 98 heavy (non-hydrogen) atoms. The molecule has 0 heterocycles. The van der Waals surface area contributed by atoms with Gasteiger partial charge >= 0.3 is 0 Å². The monoisotopic (exact) mass is 1260 g/mol. The second-order valence-corrected chi connectivity index (χ2v) is 23.3. The molecule has 0 saturated carbocycles. The predicted octanol–water partition coefficient (Wildman–Crippen LogP) is 25.6. The molecule has 0 bridgehead atoms. The topological polar surface area (TPSA) is 31.8 Å². The molecule has 0 N–H and O–H groups in total. The summed E-state index contributed by atoms with van der Waals surface area (Å²) in [7, 11) is 0. The SMILES string of the molecule is C=C/C=C(\C=C)N(c1ccccc1)c1ccc(N(c2ccc(/C(=N\c3ccccc3)c3ccc(N(c4ccc(N(c5ccccc5)c5ccccc5)cc4)c4ccc(N(c5ccccc5)c5ccccc5)cc4)cc3)cc2)c2ccc(N(c3ccccc3)c3ccccc3)cc2)cc1. The molecule has 14 aromatic rings. The molecule has 0 aliphatic carbocycles. The Bertz CT molecular complexity index is 4680. The lowest BCUT2D eigenvalue weighted by molar-refractivity contribution is 1.20. The van der Waals surface area contributed by atoms with Crippen LogP contribution in [0.15, 0.2) is 430 Å². The average Bonchev–Trinajstić information content (AvgIpc) is 0.796.